The summed E-state index contributed by atoms with van der Waals surface area (Å²) in [5.41, 5.74) is 1.18. The average Bonchev–Trinajstić information content (AvgIpc) is 3.19. The fraction of sp³-hybridized carbons (Fsp3) is 0.241. The van der Waals surface area contributed by atoms with E-state index in [2.05, 4.69) is 0 Å². The number of rotatable bonds is 9. The zero-order valence-electron chi connectivity index (χ0n) is 21.2. The number of nitrogens with zero attached hydrogens (tertiary/aromatic N) is 1. The summed E-state index contributed by atoms with van der Waals surface area (Å²) in [6.07, 6.45) is 0. The normalized spacial score (nSPS) is 16.5. The highest BCUT2D eigenvalue weighted by molar-refractivity contribution is 6.51. The molecule has 37 heavy (non-hydrogen) atoms. The van der Waals surface area contributed by atoms with Crippen molar-refractivity contribution in [1.82, 2.24) is 0 Å². The first-order chi connectivity index (χ1) is 18.0. The van der Waals surface area contributed by atoms with E-state index in [1.807, 2.05) is 32.0 Å². The van der Waals surface area contributed by atoms with Gasteiger partial charge in [0, 0.05) is 11.8 Å². The highest BCUT2D eigenvalue weighted by Crippen LogP contribution is 2.46. The van der Waals surface area contributed by atoms with Gasteiger partial charge in [-0.05, 0) is 43.7 Å². The molecule has 0 aromatic heterocycles. The van der Waals surface area contributed by atoms with Gasteiger partial charge in [-0.25, -0.2) is 0 Å². The van der Waals surface area contributed by atoms with Crippen molar-refractivity contribution in [3.63, 3.8) is 0 Å². The minimum absolute atomic E-state index is 0.0779. The van der Waals surface area contributed by atoms with E-state index < -0.39 is 17.7 Å². The van der Waals surface area contributed by atoms with Gasteiger partial charge < -0.3 is 24.1 Å². The van der Waals surface area contributed by atoms with E-state index in [9.17, 15) is 14.7 Å². The molecular formula is C29H29NO7. The van der Waals surface area contributed by atoms with Crippen molar-refractivity contribution in [3.8, 4) is 23.0 Å². The maximum atomic E-state index is 13.5. The third-order valence-electron chi connectivity index (χ3n) is 6.03. The number of methoxy groups -OCH3 is 2. The van der Waals surface area contributed by atoms with Crippen LogP contribution in [-0.2, 0) is 9.59 Å². The molecule has 1 N–H and O–H groups in total. The Labute approximate surface area is 215 Å². The zero-order valence-corrected chi connectivity index (χ0v) is 21.2. The molecule has 0 spiro atoms. The third-order valence-corrected chi connectivity index (χ3v) is 6.03. The van der Waals surface area contributed by atoms with Crippen molar-refractivity contribution in [2.45, 2.75) is 19.9 Å². The quantitative estimate of drug-likeness (QED) is 0.246. The molecule has 0 bridgehead atoms. The molecule has 0 radical (unpaired) electrons. The lowest BCUT2D eigenvalue weighted by molar-refractivity contribution is -0.132. The number of Topliss-reactive ketones (excluding diaryl/α,β-unsaturated/α-hetero) is 1. The van der Waals surface area contributed by atoms with Gasteiger partial charge in [-0.2, -0.15) is 0 Å². The van der Waals surface area contributed by atoms with Crippen LogP contribution in [0, 0.1) is 0 Å². The number of ketones is 1. The maximum absolute atomic E-state index is 13.5. The van der Waals surface area contributed by atoms with Crippen LogP contribution in [0.4, 0.5) is 5.69 Å². The van der Waals surface area contributed by atoms with Crippen LogP contribution >= 0.6 is 0 Å². The first-order valence-corrected chi connectivity index (χ1v) is 11.9. The van der Waals surface area contributed by atoms with Crippen LogP contribution in [0.2, 0.25) is 0 Å². The van der Waals surface area contributed by atoms with E-state index in [0.29, 0.717) is 47.5 Å². The Balaban J connectivity index is 1.96. The molecule has 192 valence electrons. The van der Waals surface area contributed by atoms with Crippen LogP contribution in [0.1, 0.15) is 31.0 Å². The van der Waals surface area contributed by atoms with E-state index >= 15 is 0 Å². The second kappa shape index (κ2) is 11.1. The Hall–Kier alpha value is -4.46. The lowest BCUT2D eigenvalue weighted by atomic mass is 9.94. The second-order valence-corrected chi connectivity index (χ2v) is 8.11. The van der Waals surface area contributed by atoms with Gasteiger partial charge in [0.15, 0.2) is 11.5 Å². The molecular weight excluding hydrogens is 474 g/mol. The highest BCUT2D eigenvalue weighted by Gasteiger charge is 2.47. The lowest BCUT2D eigenvalue weighted by Gasteiger charge is -2.26. The number of anilines is 1. The maximum Gasteiger partial charge on any atom is 0.300 e. The smallest absolute Gasteiger partial charge is 0.300 e. The number of aliphatic hydroxyl groups is 1. The number of amides is 1. The number of ether oxygens (including phenoxy) is 4. The molecule has 0 saturated carbocycles. The van der Waals surface area contributed by atoms with Gasteiger partial charge in [0.05, 0.1) is 39.0 Å². The van der Waals surface area contributed by atoms with Gasteiger partial charge in [0.2, 0.25) is 0 Å². The topological polar surface area (TPSA) is 94.5 Å². The van der Waals surface area contributed by atoms with Crippen LogP contribution in [0.25, 0.3) is 5.76 Å². The molecule has 3 aromatic carbocycles. The molecule has 0 aliphatic carbocycles. The molecule has 8 heteroatoms. The summed E-state index contributed by atoms with van der Waals surface area (Å²) in [7, 11) is 2.90. The number of carbonyl (C=O) groups is 2. The minimum atomic E-state index is -0.914. The minimum Gasteiger partial charge on any atom is -0.506 e. The zero-order chi connectivity index (χ0) is 26.5. The van der Waals surface area contributed by atoms with Gasteiger partial charge >= 0.3 is 0 Å². The predicted octanol–water partition coefficient (Wildman–Crippen LogP) is 5.13. The van der Waals surface area contributed by atoms with E-state index in [0.717, 1.165) is 0 Å². The van der Waals surface area contributed by atoms with Gasteiger partial charge in [-0.3, -0.25) is 14.5 Å². The Morgan fingerprint density at radius 2 is 1.43 bits per heavy atom. The fourth-order valence-corrected chi connectivity index (χ4v) is 4.46. The SMILES string of the molecule is CCOc1ccc(N2C(=O)C(=O)/C(=C(/O)c3c(OC)cccc3OC)C2c2ccccc2)cc1OCC. The molecule has 1 saturated heterocycles. The summed E-state index contributed by atoms with van der Waals surface area (Å²) in [5.74, 6) is -0.423. The highest BCUT2D eigenvalue weighted by atomic mass is 16.5. The monoisotopic (exact) mass is 503 g/mol. The Bertz CT molecular complexity index is 1310. The molecule has 4 rings (SSSR count). The van der Waals surface area contributed by atoms with Gasteiger partial charge in [0.1, 0.15) is 22.8 Å². The summed E-state index contributed by atoms with van der Waals surface area (Å²) >= 11 is 0. The fourth-order valence-electron chi connectivity index (χ4n) is 4.46. The van der Waals surface area contributed by atoms with E-state index in [4.69, 9.17) is 18.9 Å². The summed E-state index contributed by atoms with van der Waals surface area (Å²) in [6.45, 7) is 4.54. The largest absolute Gasteiger partial charge is 0.506 e. The number of carbonyl (C=O) groups excluding carboxylic acids is 2. The summed E-state index contributed by atoms with van der Waals surface area (Å²) < 4.78 is 22.3. The number of benzene rings is 3. The van der Waals surface area contributed by atoms with Crippen LogP contribution in [0.15, 0.2) is 72.3 Å². The van der Waals surface area contributed by atoms with Crippen molar-refractivity contribution in [2.24, 2.45) is 0 Å². The van der Waals surface area contributed by atoms with E-state index in [-0.39, 0.29) is 16.9 Å². The Morgan fingerprint density at radius 3 is 2.03 bits per heavy atom. The lowest BCUT2D eigenvalue weighted by Crippen LogP contribution is -2.29. The number of aliphatic hydroxyl groups excluding tert-OH is 1. The predicted molar refractivity (Wildman–Crippen MR) is 140 cm³/mol. The van der Waals surface area contributed by atoms with Gasteiger partial charge in [-0.1, -0.05) is 36.4 Å². The van der Waals surface area contributed by atoms with Crippen LogP contribution in [0.5, 0.6) is 23.0 Å². The van der Waals surface area contributed by atoms with Crippen molar-refractivity contribution in [2.75, 3.05) is 32.3 Å². The Morgan fingerprint density at radius 1 is 0.811 bits per heavy atom. The molecule has 1 fully saturated rings. The van der Waals surface area contributed by atoms with Crippen LogP contribution in [0.3, 0.4) is 0 Å². The molecule has 8 nitrogen and oxygen atoms in total. The molecule has 1 atom stereocenters. The van der Waals surface area contributed by atoms with Gasteiger partial charge in [0.25, 0.3) is 11.7 Å². The first-order valence-electron chi connectivity index (χ1n) is 11.9. The molecule has 1 heterocycles. The molecule has 1 unspecified atom stereocenters. The number of hydrogen-bond donors (Lipinski definition) is 1. The number of hydrogen-bond acceptors (Lipinski definition) is 7. The summed E-state index contributed by atoms with van der Waals surface area (Å²) in [5, 5.41) is 11.6. The molecule has 3 aromatic rings. The molecule has 1 aliphatic heterocycles. The first kappa shape index (κ1) is 25.6. The summed E-state index contributed by atoms with van der Waals surface area (Å²) in [6, 6.07) is 18.2. The van der Waals surface area contributed by atoms with Crippen molar-refractivity contribution in [3.05, 3.63) is 83.4 Å². The van der Waals surface area contributed by atoms with Crippen LogP contribution in [-0.4, -0.2) is 44.2 Å². The average molecular weight is 504 g/mol. The Kier molecular flexibility index (Phi) is 7.67. The van der Waals surface area contributed by atoms with Gasteiger partial charge in [-0.15, -0.1) is 0 Å². The summed E-state index contributed by atoms with van der Waals surface area (Å²) in [4.78, 5) is 28.4. The second-order valence-electron chi connectivity index (χ2n) is 8.11. The van der Waals surface area contributed by atoms with Crippen molar-refractivity contribution in [1.29, 1.82) is 0 Å². The van der Waals surface area contributed by atoms with E-state index in [1.165, 1.54) is 19.1 Å². The van der Waals surface area contributed by atoms with Crippen molar-refractivity contribution >= 4 is 23.1 Å². The van der Waals surface area contributed by atoms with Crippen molar-refractivity contribution < 1.29 is 33.6 Å². The standard InChI is InChI=1S/C29H29NO7/c1-5-36-20-16-15-19(17-23(20)37-6-2)30-26(18-11-8-7-9-12-18)25(28(32)29(30)33)27(31)24-21(34-3)13-10-14-22(24)35-4/h7-17,26,31H,5-6H2,1-4H3/b27-25+. The third kappa shape index (κ3) is 4.70. The molecule has 1 aliphatic rings. The van der Waals surface area contributed by atoms with E-state index in [1.54, 1.807) is 48.5 Å². The molecule has 1 amide bonds. The van der Waals surface area contributed by atoms with Crippen LogP contribution < -0.4 is 23.8 Å².